The van der Waals surface area contributed by atoms with Crippen LogP contribution in [-0.2, 0) is 10.0 Å². The van der Waals surface area contributed by atoms with E-state index in [1.165, 1.54) is 19.2 Å². The van der Waals surface area contributed by atoms with Crippen LogP contribution >= 0.6 is 23.2 Å². The second-order valence-electron chi connectivity index (χ2n) is 7.27. The third-order valence-corrected chi connectivity index (χ3v) is 6.58. The number of nitrogens with zero attached hydrogens (tertiary/aromatic N) is 3. The van der Waals surface area contributed by atoms with Crippen molar-refractivity contribution in [3.8, 4) is 5.69 Å². The van der Waals surface area contributed by atoms with Gasteiger partial charge in [-0.25, -0.2) is 13.8 Å². The van der Waals surface area contributed by atoms with E-state index in [1.807, 2.05) is 36.6 Å². The number of rotatable bonds is 6. The number of amides is 1. The largest absolute Gasteiger partial charge is 0.318 e. The number of carbonyl (C=O) groups excluding carboxylic acids is 1. The highest BCUT2D eigenvalue weighted by Gasteiger charge is 2.13. The first-order chi connectivity index (χ1) is 15.0. The Morgan fingerprint density at radius 1 is 1.06 bits per heavy atom. The first kappa shape index (κ1) is 23.8. The molecule has 0 saturated carbocycles. The van der Waals surface area contributed by atoms with Crippen molar-refractivity contribution in [2.45, 2.75) is 13.8 Å². The Morgan fingerprint density at radius 2 is 1.66 bits per heavy atom. The van der Waals surface area contributed by atoms with E-state index in [4.69, 9.17) is 23.2 Å². The molecule has 7 nitrogen and oxygen atoms in total. The summed E-state index contributed by atoms with van der Waals surface area (Å²) >= 11 is 12.3. The van der Waals surface area contributed by atoms with Gasteiger partial charge in [-0.3, -0.25) is 9.10 Å². The van der Waals surface area contributed by atoms with E-state index in [0.29, 0.717) is 21.3 Å². The number of aromatic nitrogens is 1. The fourth-order valence-electron chi connectivity index (χ4n) is 3.22. The summed E-state index contributed by atoms with van der Waals surface area (Å²) in [5, 5.41) is 5.14. The van der Waals surface area contributed by atoms with Crippen molar-refractivity contribution in [1.29, 1.82) is 0 Å². The molecular formula is C22H22Cl2N4O3S. The summed E-state index contributed by atoms with van der Waals surface area (Å²) in [4.78, 5) is 12.4. The van der Waals surface area contributed by atoms with Crippen molar-refractivity contribution in [1.82, 2.24) is 9.99 Å². The lowest BCUT2D eigenvalue weighted by Gasteiger charge is -2.16. The maximum absolute atomic E-state index is 12.4. The van der Waals surface area contributed by atoms with Crippen LogP contribution < -0.4 is 9.73 Å². The highest BCUT2D eigenvalue weighted by Crippen LogP contribution is 2.26. The number of hydrazone groups is 1. The molecule has 1 amide bonds. The summed E-state index contributed by atoms with van der Waals surface area (Å²) in [5.74, 6) is -0.412. The molecular weight excluding hydrogens is 471 g/mol. The number of hydrogen-bond acceptors (Lipinski definition) is 4. The second-order valence-corrected chi connectivity index (χ2v) is 10.2. The van der Waals surface area contributed by atoms with Gasteiger partial charge in [-0.15, -0.1) is 0 Å². The summed E-state index contributed by atoms with van der Waals surface area (Å²) in [6.07, 6.45) is 2.68. The molecule has 3 aromatic rings. The maximum atomic E-state index is 12.4. The number of nitrogens with one attached hydrogen (secondary N) is 1. The Hall–Kier alpha value is -2.81. The van der Waals surface area contributed by atoms with Gasteiger partial charge in [-0.05, 0) is 62.4 Å². The third-order valence-electron chi connectivity index (χ3n) is 4.94. The average molecular weight is 493 g/mol. The van der Waals surface area contributed by atoms with Crippen LogP contribution in [0.3, 0.4) is 0 Å². The average Bonchev–Trinajstić information content (AvgIpc) is 2.99. The molecule has 0 unspecified atom stereocenters. The number of carbonyl (C=O) groups is 1. The molecule has 0 bridgehead atoms. The van der Waals surface area contributed by atoms with Gasteiger partial charge in [0.05, 0.1) is 18.2 Å². The molecule has 0 saturated heterocycles. The number of hydrogen-bond donors (Lipinski definition) is 1. The van der Waals surface area contributed by atoms with Gasteiger partial charge in [0.15, 0.2) is 0 Å². The molecule has 32 heavy (non-hydrogen) atoms. The summed E-state index contributed by atoms with van der Waals surface area (Å²) in [7, 11) is -1.92. The topological polar surface area (TPSA) is 83.8 Å². The molecule has 0 fully saturated rings. The quantitative estimate of drug-likeness (QED) is 0.404. The van der Waals surface area contributed by atoms with E-state index in [9.17, 15) is 13.2 Å². The Balaban J connectivity index is 1.74. The molecule has 2 aromatic carbocycles. The lowest BCUT2D eigenvalue weighted by molar-refractivity contribution is 0.0955. The summed E-state index contributed by atoms with van der Waals surface area (Å²) < 4.78 is 26.4. The van der Waals surface area contributed by atoms with Crippen molar-refractivity contribution in [3.63, 3.8) is 0 Å². The predicted molar refractivity (Wildman–Crippen MR) is 130 cm³/mol. The minimum absolute atomic E-state index is 0.354. The molecule has 0 spiro atoms. The van der Waals surface area contributed by atoms with Crippen LogP contribution in [0.5, 0.6) is 0 Å². The number of halogens is 2. The van der Waals surface area contributed by atoms with Gasteiger partial charge in [0.25, 0.3) is 5.91 Å². The Kier molecular flexibility index (Phi) is 6.97. The Morgan fingerprint density at radius 3 is 2.22 bits per heavy atom. The van der Waals surface area contributed by atoms with Crippen LogP contribution in [0.2, 0.25) is 10.0 Å². The van der Waals surface area contributed by atoms with E-state index in [1.54, 1.807) is 24.4 Å². The monoisotopic (exact) mass is 492 g/mol. The van der Waals surface area contributed by atoms with Crippen LogP contribution in [0.25, 0.3) is 5.69 Å². The van der Waals surface area contributed by atoms with Gasteiger partial charge in [-0.2, -0.15) is 5.10 Å². The Bertz CT molecular complexity index is 1280. The molecule has 0 aliphatic carbocycles. The normalized spacial score (nSPS) is 11.7. The van der Waals surface area contributed by atoms with E-state index >= 15 is 0 Å². The van der Waals surface area contributed by atoms with Crippen LogP contribution in [0, 0.1) is 13.8 Å². The first-order valence-corrected chi connectivity index (χ1v) is 12.1. The lowest BCUT2D eigenvalue weighted by atomic mass is 10.2. The molecule has 0 aliphatic heterocycles. The fourth-order valence-corrected chi connectivity index (χ4v) is 4.24. The summed E-state index contributed by atoms with van der Waals surface area (Å²) in [5.41, 5.74) is 6.82. The summed E-state index contributed by atoms with van der Waals surface area (Å²) in [6, 6.07) is 13.4. The number of benzene rings is 2. The predicted octanol–water partition coefficient (Wildman–Crippen LogP) is 4.56. The summed E-state index contributed by atoms with van der Waals surface area (Å²) in [6.45, 7) is 3.88. The first-order valence-electron chi connectivity index (χ1n) is 9.50. The Labute approximate surface area is 197 Å². The van der Waals surface area contributed by atoms with E-state index in [-0.39, 0.29) is 0 Å². The molecule has 1 heterocycles. The van der Waals surface area contributed by atoms with Crippen molar-refractivity contribution in [2.24, 2.45) is 5.10 Å². The molecule has 10 heteroatoms. The van der Waals surface area contributed by atoms with Crippen LogP contribution in [0.15, 0.2) is 53.6 Å². The maximum Gasteiger partial charge on any atom is 0.271 e. The number of aryl methyl sites for hydroxylation is 1. The zero-order valence-electron chi connectivity index (χ0n) is 17.9. The SMILES string of the molecule is Cc1cc(/C=N\NC(=O)c2ccc(N(C)S(C)(=O)=O)cc2)c(C)n1-c1cc(Cl)cc(Cl)c1. The van der Waals surface area contributed by atoms with Crippen LogP contribution in [0.1, 0.15) is 27.3 Å². The molecule has 0 radical (unpaired) electrons. The second kappa shape index (κ2) is 9.36. The molecule has 168 valence electrons. The number of sulfonamides is 1. The smallest absolute Gasteiger partial charge is 0.271 e. The van der Waals surface area contributed by atoms with Crippen molar-refractivity contribution < 1.29 is 13.2 Å². The van der Waals surface area contributed by atoms with Crippen molar-refractivity contribution in [3.05, 3.63) is 81.1 Å². The fraction of sp³-hybridized carbons (Fsp3) is 0.182. The van der Waals surface area contributed by atoms with E-state index < -0.39 is 15.9 Å². The zero-order valence-corrected chi connectivity index (χ0v) is 20.3. The van der Waals surface area contributed by atoms with Gasteiger partial charge in [0.1, 0.15) is 0 Å². The van der Waals surface area contributed by atoms with Crippen LogP contribution in [-0.4, -0.2) is 38.4 Å². The van der Waals surface area contributed by atoms with Gasteiger partial charge in [-0.1, -0.05) is 23.2 Å². The third kappa shape index (κ3) is 5.32. The van der Waals surface area contributed by atoms with Gasteiger partial charge in [0.2, 0.25) is 10.0 Å². The van der Waals surface area contributed by atoms with Gasteiger partial charge >= 0.3 is 0 Å². The molecule has 0 aliphatic rings. The highest BCUT2D eigenvalue weighted by atomic mass is 35.5. The van der Waals surface area contributed by atoms with Crippen molar-refractivity contribution >= 4 is 51.0 Å². The molecule has 0 atom stereocenters. The van der Waals surface area contributed by atoms with Gasteiger partial charge < -0.3 is 4.57 Å². The number of anilines is 1. The van der Waals surface area contributed by atoms with Crippen LogP contribution in [0.4, 0.5) is 5.69 Å². The minimum Gasteiger partial charge on any atom is -0.318 e. The standard InChI is InChI=1S/C22H22Cl2N4O3S/c1-14-9-17(15(2)28(14)21-11-18(23)10-19(24)12-21)13-25-26-22(29)16-5-7-20(8-6-16)27(3)32(4,30)31/h5-13H,1-4H3,(H,26,29)/b25-13-. The van der Waals surface area contributed by atoms with E-state index in [2.05, 4.69) is 10.5 Å². The van der Waals surface area contributed by atoms with Gasteiger partial charge in [0, 0.05) is 45.3 Å². The molecule has 1 N–H and O–H groups in total. The molecule has 1 aromatic heterocycles. The van der Waals surface area contributed by atoms with Crippen molar-refractivity contribution in [2.75, 3.05) is 17.6 Å². The van der Waals surface area contributed by atoms with E-state index in [0.717, 1.165) is 33.2 Å². The lowest BCUT2D eigenvalue weighted by Crippen LogP contribution is -2.25. The zero-order chi connectivity index (χ0) is 23.6. The minimum atomic E-state index is -3.37. The molecule has 3 rings (SSSR count). The highest BCUT2D eigenvalue weighted by molar-refractivity contribution is 7.92.